The first-order valence-corrected chi connectivity index (χ1v) is 10.5. The molecule has 0 aliphatic heterocycles. The summed E-state index contributed by atoms with van der Waals surface area (Å²) in [5.74, 6) is -0.253. The average Bonchev–Trinajstić information content (AvgIpc) is 2.79. The van der Waals surface area contributed by atoms with Crippen LogP contribution in [0.25, 0.3) is 0 Å². The third-order valence-electron chi connectivity index (χ3n) is 5.03. The van der Waals surface area contributed by atoms with E-state index in [4.69, 9.17) is 0 Å². The van der Waals surface area contributed by atoms with Gasteiger partial charge >= 0.3 is 0 Å². The summed E-state index contributed by atoms with van der Waals surface area (Å²) in [4.78, 5) is 27.9. The van der Waals surface area contributed by atoms with E-state index in [1.807, 2.05) is 110 Å². The van der Waals surface area contributed by atoms with Crippen molar-refractivity contribution in [1.82, 2.24) is 10.2 Å². The Bertz CT molecular complexity index is 960. The van der Waals surface area contributed by atoms with Crippen LogP contribution >= 0.6 is 0 Å². The van der Waals surface area contributed by atoms with Crippen molar-refractivity contribution < 1.29 is 9.59 Å². The Morgan fingerprint density at radius 3 is 1.94 bits per heavy atom. The fourth-order valence-electron chi connectivity index (χ4n) is 3.37. The molecule has 0 fully saturated rings. The highest BCUT2D eigenvalue weighted by Gasteiger charge is 2.24. The zero-order valence-electron chi connectivity index (χ0n) is 18.0. The van der Waals surface area contributed by atoms with Crippen molar-refractivity contribution in [2.45, 2.75) is 32.5 Å². The van der Waals surface area contributed by atoms with Gasteiger partial charge in [0.2, 0.25) is 11.8 Å². The number of carbonyl (C=O) groups is 2. The maximum atomic E-state index is 13.0. The van der Waals surface area contributed by atoms with Crippen molar-refractivity contribution in [1.29, 1.82) is 0 Å². The maximum Gasteiger partial charge on any atom is 0.246 e. The fourth-order valence-corrected chi connectivity index (χ4v) is 3.37. The molecule has 0 saturated carbocycles. The molecule has 0 heterocycles. The summed E-state index contributed by atoms with van der Waals surface area (Å²) in [7, 11) is 0. The van der Waals surface area contributed by atoms with E-state index in [9.17, 15) is 9.59 Å². The predicted molar refractivity (Wildman–Crippen MR) is 124 cm³/mol. The highest BCUT2D eigenvalue weighted by molar-refractivity contribution is 5.96. The minimum atomic E-state index is -0.643. The fraction of sp³-hybridized carbons (Fsp3) is 0.231. The lowest BCUT2D eigenvalue weighted by Gasteiger charge is -2.28. The minimum Gasteiger partial charge on any atom is -0.335 e. The van der Waals surface area contributed by atoms with Crippen molar-refractivity contribution in [3.63, 3.8) is 0 Å². The third-order valence-corrected chi connectivity index (χ3v) is 5.03. The first-order chi connectivity index (χ1) is 15.0. The highest BCUT2D eigenvalue weighted by atomic mass is 16.2. The zero-order chi connectivity index (χ0) is 22.1. The molecule has 2 N–H and O–H groups in total. The number of amides is 2. The molecule has 0 spiro atoms. The van der Waals surface area contributed by atoms with Crippen LogP contribution in [0.4, 0.5) is 5.69 Å². The van der Waals surface area contributed by atoms with Crippen LogP contribution in [0, 0.1) is 0 Å². The van der Waals surface area contributed by atoms with E-state index in [0.29, 0.717) is 6.54 Å². The Balaban J connectivity index is 1.71. The molecule has 3 aromatic rings. The molecule has 0 aliphatic rings. The molecule has 160 valence electrons. The van der Waals surface area contributed by atoms with Gasteiger partial charge in [-0.25, -0.2) is 0 Å². The lowest BCUT2D eigenvalue weighted by Crippen LogP contribution is -2.44. The Morgan fingerprint density at radius 1 is 0.806 bits per heavy atom. The second-order valence-electron chi connectivity index (χ2n) is 7.68. The van der Waals surface area contributed by atoms with Crippen LogP contribution in [0.5, 0.6) is 0 Å². The first kappa shape index (κ1) is 22.2. The smallest absolute Gasteiger partial charge is 0.246 e. The van der Waals surface area contributed by atoms with Gasteiger partial charge in [-0.2, -0.15) is 0 Å². The van der Waals surface area contributed by atoms with Crippen molar-refractivity contribution >= 4 is 17.5 Å². The number of rotatable bonds is 9. The first-order valence-electron chi connectivity index (χ1n) is 10.5. The van der Waals surface area contributed by atoms with Gasteiger partial charge in [0.15, 0.2) is 0 Å². The summed E-state index contributed by atoms with van der Waals surface area (Å²) in [6.45, 7) is 4.59. The van der Waals surface area contributed by atoms with Gasteiger partial charge in [0.25, 0.3) is 0 Å². The molecule has 5 nitrogen and oxygen atoms in total. The number of para-hydroxylation sites is 1. The van der Waals surface area contributed by atoms with Crippen molar-refractivity contribution in [2.75, 3.05) is 11.9 Å². The quantitative estimate of drug-likeness (QED) is 0.545. The molecule has 0 saturated heterocycles. The molecule has 1 atom stereocenters. The standard InChI is InChI=1S/C26H29N3O2/c1-20(2)29(19-21-12-6-3-7-13-21)24(30)18-27-25(22-14-8-4-9-15-22)26(31)28-23-16-10-5-11-17-23/h3-17,20,25,27H,18-19H2,1-2H3,(H,28,31). The monoisotopic (exact) mass is 415 g/mol. The van der Waals surface area contributed by atoms with Gasteiger partial charge in [-0.15, -0.1) is 0 Å². The number of nitrogens with zero attached hydrogens (tertiary/aromatic N) is 1. The summed E-state index contributed by atoms with van der Waals surface area (Å²) in [5.41, 5.74) is 2.60. The number of hydrogen-bond donors (Lipinski definition) is 2. The average molecular weight is 416 g/mol. The molecular formula is C26H29N3O2. The van der Waals surface area contributed by atoms with E-state index in [2.05, 4.69) is 10.6 Å². The van der Waals surface area contributed by atoms with Gasteiger partial charge in [0.05, 0.1) is 6.54 Å². The van der Waals surface area contributed by atoms with Crippen LogP contribution in [0.15, 0.2) is 91.0 Å². The minimum absolute atomic E-state index is 0.0443. The molecule has 0 bridgehead atoms. The van der Waals surface area contributed by atoms with E-state index >= 15 is 0 Å². The molecule has 0 radical (unpaired) electrons. The molecule has 0 aliphatic carbocycles. The molecule has 31 heavy (non-hydrogen) atoms. The van der Waals surface area contributed by atoms with E-state index in [1.165, 1.54) is 0 Å². The van der Waals surface area contributed by atoms with E-state index < -0.39 is 6.04 Å². The largest absolute Gasteiger partial charge is 0.335 e. The van der Waals surface area contributed by atoms with Crippen molar-refractivity contribution in [3.8, 4) is 0 Å². The number of nitrogens with one attached hydrogen (secondary N) is 2. The van der Waals surface area contributed by atoms with Gasteiger partial charge in [-0.1, -0.05) is 78.9 Å². The molecule has 3 rings (SSSR count). The Morgan fingerprint density at radius 2 is 1.35 bits per heavy atom. The SMILES string of the molecule is CC(C)N(Cc1ccccc1)C(=O)CNC(C(=O)Nc1ccccc1)c1ccccc1. The van der Waals surface area contributed by atoms with Crippen molar-refractivity contribution in [3.05, 3.63) is 102 Å². The van der Waals surface area contributed by atoms with Crippen LogP contribution < -0.4 is 10.6 Å². The Hall–Kier alpha value is -3.44. The second kappa shape index (κ2) is 11.1. The third kappa shape index (κ3) is 6.52. The van der Waals surface area contributed by atoms with E-state index in [-0.39, 0.29) is 24.4 Å². The number of anilines is 1. The number of hydrogen-bond acceptors (Lipinski definition) is 3. The molecule has 0 aromatic heterocycles. The molecular weight excluding hydrogens is 386 g/mol. The van der Waals surface area contributed by atoms with E-state index in [1.54, 1.807) is 0 Å². The number of carbonyl (C=O) groups excluding carboxylic acids is 2. The predicted octanol–water partition coefficient (Wildman–Crippen LogP) is 4.39. The van der Waals surface area contributed by atoms with Gasteiger partial charge in [0.1, 0.15) is 6.04 Å². The maximum absolute atomic E-state index is 13.0. The lowest BCUT2D eigenvalue weighted by molar-refractivity contribution is -0.132. The topological polar surface area (TPSA) is 61.4 Å². The molecule has 2 amide bonds. The summed E-state index contributed by atoms with van der Waals surface area (Å²) in [6, 6.07) is 28.1. The van der Waals surface area contributed by atoms with Gasteiger partial charge in [-0.05, 0) is 37.1 Å². The summed E-state index contributed by atoms with van der Waals surface area (Å²) < 4.78 is 0. The summed E-state index contributed by atoms with van der Waals surface area (Å²) in [5, 5.41) is 6.10. The summed E-state index contributed by atoms with van der Waals surface area (Å²) in [6.07, 6.45) is 0. The summed E-state index contributed by atoms with van der Waals surface area (Å²) >= 11 is 0. The van der Waals surface area contributed by atoms with Crippen LogP contribution in [-0.4, -0.2) is 29.3 Å². The highest BCUT2D eigenvalue weighted by Crippen LogP contribution is 2.16. The zero-order valence-corrected chi connectivity index (χ0v) is 18.0. The van der Waals surface area contributed by atoms with Crippen LogP contribution in [0.1, 0.15) is 31.0 Å². The second-order valence-corrected chi connectivity index (χ2v) is 7.68. The van der Waals surface area contributed by atoms with Crippen LogP contribution in [0.3, 0.4) is 0 Å². The molecule has 1 unspecified atom stereocenters. The van der Waals surface area contributed by atoms with Crippen LogP contribution in [0.2, 0.25) is 0 Å². The lowest BCUT2D eigenvalue weighted by atomic mass is 10.1. The van der Waals surface area contributed by atoms with Crippen molar-refractivity contribution in [2.24, 2.45) is 0 Å². The molecule has 3 aromatic carbocycles. The van der Waals surface area contributed by atoms with Crippen LogP contribution in [-0.2, 0) is 16.1 Å². The van der Waals surface area contributed by atoms with Gasteiger partial charge in [0, 0.05) is 18.3 Å². The Labute approximate surface area is 184 Å². The Kier molecular flexibility index (Phi) is 7.96. The number of benzene rings is 3. The van der Waals surface area contributed by atoms with Gasteiger partial charge in [-0.3, -0.25) is 14.9 Å². The van der Waals surface area contributed by atoms with Gasteiger partial charge < -0.3 is 10.2 Å². The normalized spacial score (nSPS) is 11.7. The molecule has 5 heteroatoms. The van der Waals surface area contributed by atoms with E-state index in [0.717, 1.165) is 16.8 Å².